The number of carbonyl (C=O) groups is 1. The molecule has 7 heteroatoms. The van der Waals surface area contributed by atoms with Crippen molar-refractivity contribution in [3.8, 4) is 0 Å². The summed E-state index contributed by atoms with van der Waals surface area (Å²) >= 11 is 0. The fourth-order valence-corrected chi connectivity index (χ4v) is 5.56. The zero-order chi connectivity index (χ0) is 23.9. The average molecular weight is 466 g/mol. The van der Waals surface area contributed by atoms with Gasteiger partial charge in [-0.05, 0) is 60.4 Å². The van der Waals surface area contributed by atoms with E-state index < -0.39 is 38.3 Å². The maximum atomic E-state index is 13.6. The Morgan fingerprint density at radius 2 is 1.48 bits per heavy atom. The molecule has 1 atom stereocenters. The van der Waals surface area contributed by atoms with E-state index in [1.54, 1.807) is 24.3 Å². The molecule has 0 aromatic heterocycles. The molecule has 0 spiro atoms. The van der Waals surface area contributed by atoms with Gasteiger partial charge in [0.15, 0.2) is 5.76 Å². The summed E-state index contributed by atoms with van der Waals surface area (Å²) in [5, 5.41) is 10.8. The molecular formula is C26H24FNO4S. The smallest absolute Gasteiger partial charge is 0.295 e. The lowest BCUT2D eigenvalue weighted by Gasteiger charge is -2.27. The van der Waals surface area contributed by atoms with Crippen molar-refractivity contribution < 1.29 is 22.7 Å². The van der Waals surface area contributed by atoms with Gasteiger partial charge in [0.25, 0.3) is 5.91 Å². The van der Waals surface area contributed by atoms with Gasteiger partial charge in [0.1, 0.15) is 16.8 Å². The summed E-state index contributed by atoms with van der Waals surface area (Å²) in [5.74, 6) is -1.89. The van der Waals surface area contributed by atoms with E-state index in [0.29, 0.717) is 11.3 Å². The van der Waals surface area contributed by atoms with Crippen LogP contribution in [0.2, 0.25) is 0 Å². The maximum Gasteiger partial charge on any atom is 0.295 e. The summed E-state index contributed by atoms with van der Waals surface area (Å²) in [6, 6.07) is 17.4. The van der Waals surface area contributed by atoms with Crippen molar-refractivity contribution in [2.24, 2.45) is 0 Å². The van der Waals surface area contributed by atoms with E-state index in [9.17, 15) is 22.7 Å². The first-order chi connectivity index (χ1) is 15.6. The van der Waals surface area contributed by atoms with Crippen LogP contribution < -0.4 is 4.90 Å². The summed E-state index contributed by atoms with van der Waals surface area (Å²) in [7, 11) is -4.23. The number of amides is 1. The Morgan fingerprint density at radius 1 is 0.909 bits per heavy atom. The summed E-state index contributed by atoms with van der Waals surface area (Å²) in [5.41, 5.74) is 2.72. The number of halogens is 1. The molecule has 33 heavy (non-hydrogen) atoms. The van der Waals surface area contributed by atoms with Crippen LogP contribution in [0.25, 0.3) is 0 Å². The van der Waals surface area contributed by atoms with E-state index in [4.69, 9.17) is 0 Å². The molecule has 3 aromatic carbocycles. The highest BCUT2D eigenvalue weighted by Gasteiger charge is 2.47. The summed E-state index contributed by atoms with van der Waals surface area (Å²) in [6.07, 6.45) is 0. The fraction of sp³-hybridized carbons (Fsp3) is 0.192. The second-order valence-corrected chi connectivity index (χ2v) is 10.3. The molecule has 0 aliphatic carbocycles. The van der Waals surface area contributed by atoms with Gasteiger partial charge >= 0.3 is 0 Å². The monoisotopic (exact) mass is 465 g/mol. The number of benzene rings is 3. The maximum absolute atomic E-state index is 13.6. The minimum absolute atomic E-state index is 0.0356. The fourth-order valence-electron chi connectivity index (χ4n) is 3.93. The van der Waals surface area contributed by atoms with Crippen molar-refractivity contribution in [1.82, 2.24) is 0 Å². The first-order valence-electron chi connectivity index (χ1n) is 10.5. The molecule has 0 radical (unpaired) electrons. The Hall–Kier alpha value is -3.45. The van der Waals surface area contributed by atoms with Gasteiger partial charge in [-0.25, -0.2) is 12.8 Å². The second kappa shape index (κ2) is 8.48. The molecule has 1 aliphatic rings. The van der Waals surface area contributed by atoms with Crippen molar-refractivity contribution in [2.45, 2.75) is 37.6 Å². The number of carbonyl (C=O) groups excluding carboxylic acids is 1. The Labute approximate surface area is 192 Å². The van der Waals surface area contributed by atoms with Crippen LogP contribution in [0, 0.1) is 12.7 Å². The summed E-state index contributed by atoms with van der Waals surface area (Å²) in [6.45, 7) is 5.91. The van der Waals surface area contributed by atoms with Crippen molar-refractivity contribution in [2.75, 3.05) is 4.90 Å². The number of hydrogen-bond donors (Lipinski definition) is 1. The number of nitrogens with zero attached hydrogens (tertiary/aromatic N) is 1. The molecule has 0 unspecified atom stereocenters. The van der Waals surface area contributed by atoms with E-state index >= 15 is 0 Å². The average Bonchev–Trinajstić information content (AvgIpc) is 3.06. The molecule has 3 aromatic rings. The molecule has 170 valence electrons. The molecule has 0 saturated carbocycles. The van der Waals surface area contributed by atoms with E-state index in [0.717, 1.165) is 11.1 Å². The number of sulfone groups is 1. The number of aliphatic hydroxyl groups is 1. The predicted molar refractivity (Wildman–Crippen MR) is 125 cm³/mol. The number of anilines is 1. The Bertz CT molecular complexity index is 1330. The van der Waals surface area contributed by atoms with Gasteiger partial charge in [0.2, 0.25) is 9.84 Å². The van der Waals surface area contributed by atoms with E-state index in [-0.39, 0.29) is 10.8 Å². The minimum atomic E-state index is -4.23. The van der Waals surface area contributed by atoms with Crippen LogP contribution in [0.5, 0.6) is 0 Å². The van der Waals surface area contributed by atoms with Crippen molar-refractivity contribution in [3.63, 3.8) is 0 Å². The van der Waals surface area contributed by atoms with E-state index in [2.05, 4.69) is 0 Å². The van der Waals surface area contributed by atoms with Gasteiger partial charge < -0.3 is 5.11 Å². The van der Waals surface area contributed by atoms with Crippen molar-refractivity contribution >= 4 is 21.4 Å². The SMILES string of the molecule is Cc1ccc(S(=O)(=O)C2=C(O)C(=O)N(c3ccc(C(C)C)cc3)[C@H]2c2ccc(F)cc2)cc1. The van der Waals surface area contributed by atoms with Gasteiger partial charge in [0.05, 0.1) is 4.90 Å². The largest absolute Gasteiger partial charge is 0.502 e. The zero-order valence-corrected chi connectivity index (χ0v) is 19.3. The van der Waals surface area contributed by atoms with Crippen LogP contribution in [0.15, 0.2) is 88.4 Å². The molecule has 1 heterocycles. The molecular weight excluding hydrogens is 441 g/mol. The quantitative estimate of drug-likeness (QED) is 0.533. The van der Waals surface area contributed by atoms with Gasteiger partial charge in [-0.1, -0.05) is 55.8 Å². The molecule has 1 amide bonds. The van der Waals surface area contributed by atoms with Crippen molar-refractivity contribution in [3.05, 3.63) is 106 Å². The summed E-state index contributed by atoms with van der Waals surface area (Å²) in [4.78, 5) is 14.0. The second-order valence-electron chi connectivity index (χ2n) is 8.40. The predicted octanol–water partition coefficient (Wildman–Crippen LogP) is 5.59. The third-order valence-electron chi connectivity index (χ3n) is 5.81. The topological polar surface area (TPSA) is 74.7 Å². The summed E-state index contributed by atoms with van der Waals surface area (Å²) < 4.78 is 40.8. The number of hydrogen-bond acceptors (Lipinski definition) is 4. The highest BCUT2D eigenvalue weighted by molar-refractivity contribution is 7.95. The number of aryl methyl sites for hydroxylation is 1. The number of rotatable bonds is 5. The zero-order valence-electron chi connectivity index (χ0n) is 18.5. The van der Waals surface area contributed by atoms with Crippen molar-refractivity contribution in [1.29, 1.82) is 0 Å². The van der Waals surface area contributed by atoms with Crippen LogP contribution in [0.4, 0.5) is 10.1 Å². The van der Waals surface area contributed by atoms with Crippen LogP contribution in [-0.4, -0.2) is 19.4 Å². The third kappa shape index (κ3) is 4.04. The number of aliphatic hydroxyl groups excluding tert-OH is 1. The molecule has 0 saturated heterocycles. The van der Waals surface area contributed by atoms with E-state index in [1.807, 2.05) is 32.9 Å². The molecule has 1 N–H and O–H groups in total. The standard InChI is InChI=1S/C26H24FNO4S/c1-16(2)18-8-12-21(13-9-18)28-23(19-6-10-20(27)11-7-19)25(24(29)26(28)30)33(31,32)22-14-4-17(3)5-15-22/h4-16,23,29H,1-3H3/t23-/m0/s1. The lowest BCUT2D eigenvalue weighted by Crippen LogP contribution is -2.31. The van der Waals surface area contributed by atoms with Gasteiger partial charge in [-0.2, -0.15) is 0 Å². The Balaban J connectivity index is 1.90. The third-order valence-corrected chi connectivity index (χ3v) is 7.69. The normalized spacial score (nSPS) is 16.7. The van der Waals surface area contributed by atoms with Crippen LogP contribution in [-0.2, 0) is 14.6 Å². The van der Waals surface area contributed by atoms with Gasteiger partial charge in [-0.15, -0.1) is 0 Å². The Kier molecular flexibility index (Phi) is 5.84. The van der Waals surface area contributed by atoms with Crippen LogP contribution in [0.3, 0.4) is 0 Å². The van der Waals surface area contributed by atoms with Crippen LogP contribution in [0.1, 0.15) is 42.5 Å². The molecule has 4 rings (SSSR count). The van der Waals surface area contributed by atoms with Gasteiger partial charge in [-0.3, -0.25) is 9.69 Å². The first-order valence-corrected chi connectivity index (χ1v) is 12.0. The minimum Gasteiger partial charge on any atom is -0.502 e. The molecule has 1 aliphatic heterocycles. The highest BCUT2D eigenvalue weighted by Crippen LogP contribution is 2.45. The molecule has 5 nitrogen and oxygen atoms in total. The lowest BCUT2D eigenvalue weighted by atomic mass is 10.0. The highest BCUT2D eigenvalue weighted by atomic mass is 32.2. The van der Waals surface area contributed by atoms with Crippen LogP contribution >= 0.6 is 0 Å². The van der Waals surface area contributed by atoms with Gasteiger partial charge in [0, 0.05) is 5.69 Å². The lowest BCUT2D eigenvalue weighted by molar-refractivity contribution is -0.117. The Morgan fingerprint density at radius 3 is 2.03 bits per heavy atom. The molecule has 0 fully saturated rings. The van der Waals surface area contributed by atoms with E-state index in [1.165, 1.54) is 41.3 Å². The molecule has 0 bridgehead atoms. The first kappa shape index (κ1) is 22.7.